The molecule has 146 valence electrons. The zero-order valence-corrected chi connectivity index (χ0v) is 16.5. The first-order chi connectivity index (χ1) is 14.2. The van der Waals surface area contributed by atoms with Gasteiger partial charge in [0.25, 0.3) is 5.56 Å². The highest BCUT2D eigenvalue weighted by molar-refractivity contribution is 7.18. The largest absolute Gasteiger partial charge is 0.340 e. The molecular formula is C21H19N5O2S. The number of hydrogen-bond acceptors (Lipinski definition) is 6. The van der Waals surface area contributed by atoms with E-state index < -0.39 is 0 Å². The van der Waals surface area contributed by atoms with Gasteiger partial charge in [-0.1, -0.05) is 29.5 Å². The lowest BCUT2D eigenvalue weighted by molar-refractivity contribution is -0.133. The fourth-order valence-corrected chi connectivity index (χ4v) is 4.92. The summed E-state index contributed by atoms with van der Waals surface area (Å²) in [6.45, 7) is 1.22. The highest BCUT2D eigenvalue weighted by Gasteiger charge is 2.27. The molecule has 0 radical (unpaired) electrons. The lowest BCUT2D eigenvalue weighted by Crippen LogP contribution is -2.42. The van der Waals surface area contributed by atoms with Crippen LogP contribution in [-0.2, 0) is 11.3 Å². The Labute approximate surface area is 170 Å². The molecule has 7 nitrogen and oxygen atoms in total. The monoisotopic (exact) mass is 405 g/mol. The molecule has 8 heteroatoms. The maximum absolute atomic E-state index is 12.9. The molecule has 0 bridgehead atoms. The van der Waals surface area contributed by atoms with Crippen LogP contribution in [0.15, 0.2) is 53.3 Å². The number of benzene rings is 2. The number of para-hydroxylation sites is 1. The molecule has 29 heavy (non-hydrogen) atoms. The summed E-state index contributed by atoms with van der Waals surface area (Å²) in [6, 6.07) is 15.1. The summed E-state index contributed by atoms with van der Waals surface area (Å²) in [7, 11) is 0. The fourth-order valence-electron chi connectivity index (χ4n) is 3.82. The van der Waals surface area contributed by atoms with Crippen LogP contribution in [0.3, 0.4) is 0 Å². The zero-order valence-electron chi connectivity index (χ0n) is 15.7. The summed E-state index contributed by atoms with van der Waals surface area (Å²) >= 11 is 1.70. The first-order valence-electron chi connectivity index (χ1n) is 9.65. The molecule has 0 aliphatic carbocycles. The smallest absolute Gasteiger partial charge is 0.278 e. The molecule has 0 unspecified atom stereocenters. The van der Waals surface area contributed by atoms with Crippen molar-refractivity contribution >= 4 is 38.4 Å². The van der Waals surface area contributed by atoms with Gasteiger partial charge >= 0.3 is 0 Å². The van der Waals surface area contributed by atoms with Gasteiger partial charge in [-0.3, -0.25) is 9.59 Å². The Kier molecular flexibility index (Phi) is 4.55. The van der Waals surface area contributed by atoms with Crippen molar-refractivity contribution in [3.05, 3.63) is 63.9 Å². The molecular weight excluding hydrogens is 386 g/mol. The van der Waals surface area contributed by atoms with Crippen LogP contribution in [0.25, 0.3) is 21.1 Å². The van der Waals surface area contributed by atoms with Crippen molar-refractivity contribution in [2.45, 2.75) is 25.3 Å². The molecule has 1 aliphatic rings. The van der Waals surface area contributed by atoms with E-state index in [1.54, 1.807) is 29.5 Å². The van der Waals surface area contributed by atoms with Gasteiger partial charge in [0.15, 0.2) is 0 Å². The van der Waals surface area contributed by atoms with Gasteiger partial charge in [-0.15, -0.1) is 16.4 Å². The maximum Gasteiger partial charge on any atom is 0.278 e. The third-order valence-corrected chi connectivity index (χ3v) is 6.55. The van der Waals surface area contributed by atoms with Crippen molar-refractivity contribution in [2.75, 3.05) is 13.1 Å². The quantitative estimate of drug-likeness (QED) is 0.524. The zero-order chi connectivity index (χ0) is 19.8. The summed E-state index contributed by atoms with van der Waals surface area (Å²) in [4.78, 5) is 32.1. The van der Waals surface area contributed by atoms with Crippen molar-refractivity contribution in [2.24, 2.45) is 0 Å². The molecule has 2 aromatic heterocycles. The van der Waals surface area contributed by atoms with E-state index in [1.165, 1.54) is 4.70 Å². The first kappa shape index (κ1) is 17.9. The summed E-state index contributed by atoms with van der Waals surface area (Å²) in [5.74, 6) is 0.118. The van der Waals surface area contributed by atoms with E-state index in [0.717, 1.165) is 28.0 Å². The second-order valence-corrected chi connectivity index (χ2v) is 8.33. The van der Waals surface area contributed by atoms with Gasteiger partial charge in [0.1, 0.15) is 12.1 Å². The molecule has 0 N–H and O–H groups in total. The van der Waals surface area contributed by atoms with Crippen LogP contribution in [0, 0.1) is 0 Å². The number of nitrogens with zero attached hydrogens (tertiary/aromatic N) is 5. The number of piperidine rings is 1. The highest BCUT2D eigenvalue weighted by Crippen LogP contribution is 2.32. The Morgan fingerprint density at radius 3 is 2.76 bits per heavy atom. The molecule has 0 spiro atoms. The van der Waals surface area contributed by atoms with Gasteiger partial charge in [-0.25, -0.2) is 9.67 Å². The number of carbonyl (C=O) groups is 1. The topological polar surface area (TPSA) is 81.0 Å². The van der Waals surface area contributed by atoms with Crippen molar-refractivity contribution in [3.63, 3.8) is 0 Å². The Balaban J connectivity index is 1.35. The molecule has 4 aromatic rings. The maximum atomic E-state index is 12.9. The van der Waals surface area contributed by atoms with E-state index in [-0.39, 0.29) is 23.9 Å². The van der Waals surface area contributed by atoms with Crippen LogP contribution >= 0.6 is 11.3 Å². The number of thiazole rings is 1. The summed E-state index contributed by atoms with van der Waals surface area (Å²) in [5.41, 5.74) is 1.26. The molecule has 5 rings (SSSR count). The Morgan fingerprint density at radius 1 is 1.10 bits per heavy atom. The van der Waals surface area contributed by atoms with Crippen molar-refractivity contribution in [1.82, 2.24) is 24.9 Å². The van der Waals surface area contributed by atoms with Crippen LogP contribution in [0.4, 0.5) is 0 Å². The second-order valence-electron chi connectivity index (χ2n) is 7.27. The lowest BCUT2D eigenvalue weighted by Gasteiger charge is -2.31. The van der Waals surface area contributed by atoms with Crippen LogP contribution < -0.4 is 5.56 Å². The van der Waals surface area contributed by atoms with Crippen LogP contribution in [0.1, 0.15) is 23.8 Å². The van der Waals surface area contributed by atoms with Crippen molar-refractivity contribution < 1.29 is 4.79 Å². The van der Waals surface area contributed by atoms with E-state index in [1.807, 2.05) is 29.2 Å². The minimum atomic E-state index is -0.288. The SMILES string of the molecule is O=C(Cn1nnc2ccccc2c1=O)N1CCC[C@H](c2nc3ccccc3s2)C1. The van der Waals surface area contributed by atoms with Gasteiger partial charge in [0.05, 0.1) is 20.6 Å². The minimum absolute atomic E-state index is 0.0940. The van der Waals surface area contributed by atoms with Gasteiger partial charge in [0.2, 0.25) is 5.91 Å². The Morgan fingerprint density at radius 2 is 1.90 bits per heavy atom. The number of aromatic nitrogens is 4. The van der Waals surface area contributed by atoms with E-state index in [2.05, 4.69) is 16.4 Å². The molecule has 1 aliphatic heterocycles. The molecule has 1 atom stereocenters. The fraction of sp³-hybridized carbons (Fsp3) is 0.286. The Bertz CT molecular complexity index is 1230. The molecule has 1 fully saturated rings. The minimum Gasteiger partial charge on any atom is -0.340 e. The normalized spacial score (nSPS) is 17.1. The Hall–Kier alpha value is -3.13. The van der Waals surface area contributed by atoms with E-state index in [0.29, 0.717) is 24.0 Å². The van der Waals surface area contributed by atoms with Gasteiger partial charge < -0.3 is 4.90 Å². The number of rotatable bonds is 3. The highest BCUT2D eigenvalue weighted by atomic mass is 32.1. The number of fused-ring (bicyclic) bond motifs is 2. The molecule has 1 amide bonds. The van der Waals surface area contributed by atoms with E-state index >= 15 is 0 Å². The standard InChI is InChI=1S/C21H19N5O2S/c27-19(13-26-21(28)15-7-1-2-8-16(15)23-24-26)25-11-5-6-14(12-25)20-22-17-9-3-4-10-18(17)29-20/h1-4,7-10,14H,5-6,11-13H2/t14-/m0/s1. The number of likely N-dealkylation sites (tertiary alicyclic amines) is 1. The van der Waals surface area contributed by atoms with Crippen molar-refractivity contribution in [1.29, 1.82) is 0 Å². The van der Waals surface area contributed by atoms with Crippen LogP contribution in [0.2, 0.25) is 0 Å². The summed E-state index contributed by atoms with van der Waals surface area (Å²) in [5, 5.41) is 9.55. The van der Waals surface area contributed by atoms with E-state index in [9.17, 15) is 9.59 Å². The third-order valence-electron chi connectivity index (χ3n) is 5.35. The number of carbonyl (C=O) groups excluding carboxylic acids is 1. The number of amides is 1. The average molecular weight is 405 g/mol. The molecule has 3 heterocycles. The predicted molar refractivity (Wildman–Crippen MR) is 112 cm³/mol. The average Bonchev–Trinajstić information content (AvgIpc) is 3.20. The lowest BCUT2D eigenvalue weighted by atomic mass is 9.98. The second kappa shape index (κ2) is 7.36. The number of hydrogen-bond donors (Lipinski definition) is 0. The van der Waals surface area contributed by atoms with Gasteiger partial charge in [0, 0.05) is 19.0 Å². The summed E-state index contributed by atoms with van der Waals surface area (Å²) < 4.78 is 2.33. The van der Waals surface area contributed by atoms with E-state index in [4.69, 9.17) is 4.98 Å². The van der Waals surface area contributed by atoms with Crippen LogP contribution in [0.5, 0.6) is 0 Å². The first-order valence-corrected chi connectivity index (χ1v) is 10.5. The summed E-state index contributed by atoms with van der Waals surface area (Å²) in [6.07, 6.45) is 1.93. The van der Waals surface area contributed by atoms with Gasteiger partial charge in [-0.05, 0) is 37.1 Å². The molecule has 0 saturated carbocycles. The van der Waals surface area contributed by atoms with Crippen LogP contribution in [-0.4, -0.2) is 43.9 Å². The molecule has 1 saturated heterocycles. The third kappa shape index (κ3) is 3.40. The van der Waals surface area contributed by atoms with Gasteiger partial charge in [-0.2, -0.15) is 0 Å². The van der Waals surface area contributed by atoms with Crippen molar-refractivity contribution in [3.8, 4) is 0 Å². The predicted octanol–water partition coefficient (Wildman–Crippen LogP) is 2.81. The molecule has 2 aromatic carbocycles.